The predicted octanol–water partition coefficient (Wildman–Crippen LogP) is 0.175. The summed E-state index contributed by atoms with van der Waals surface area (Å²) in [4.78, 5) is 12.6. The van der Waals surface area contributed by atoms with Crippen molar-refractivity contribution in [3.8, 4) is 0 Å². The lowest BCUT2D eigenvalue weighted by Crippen LogP contribution is -2.34. The van der Waals surface area contributed by atoms with Gasteiger partial charge in [0, 0.05) is 5.92 Å². The van der Waals surface area contributed by atoms with Gasteiger partial charge in [-0.15, -0.1) is 0 Å². The van der Waals surface area contributed by atoms with Crippen molar-refractivity contribution in [1.82, 2.24) is 19.5 Å². The van der Waals surface area contributed by atoms with E-state index in [0.717, 1.165) is 6.42 Å². The fraction of sp³-hybridized carbons (Fsp3) is 0.667. The van der Waals surface area contributed by atoms with Crippen molar-refractivity contribution in [2.24, 2.45) is 11.7 Å². The molecule has 2 aromatic rings. The largest absolute Gasteiger partial charge is 0.382 e. The number of aromatic nitrogens is 4. The Balaban J connectivity index is 1.59. The number of nitrogens with two attached hydrogens (primary N) is 2. The lowest BCUT2D eigenvalue weighted by Gasteiger charge is -2.25. The molecule has 0 bridgehead atoms. The van der Waals surface area contributed by atoms with E-state index in [4.69, 9.17) is 25.7 Å². The van der Waals surface area contributed by atoms with E-state index in [1.54, 1.807) is 6.33 Å². The van der Waals surface area contributed by atoms with Crippen molar-refractivity contribution in [2.45, 2.75) is 50.1 Å². The molecule has 2 aromatic heterocycles. The summed E-state index contributed by atoms with van der Waals surface area (Å²) >= 11 is 0. The van der Waals surface area contributed by atoms with Crippen molar-refractivity contribution < 1.29 is 14.2 Å². The van der Waals surface area contributed by atoms with Crippen LogP contribution in [0.2, 0.25) is 0 Å². The second kappa shape index (κ2) is 4.42. The molecule has 0 radical (unpaired) electrons. The molecule has 1 saturated carbocycles. The third kappa shape index (κ3) is 1.75. The number of hydrogen-bond donors (Lipinski definition) is 2. The summed E-state index contributed by atoms with van der Waals surface area (Å²) in [6.45, 7) is 4.41. The summed E-state index contributed by atoms with van der Waals surface area (Å²) in [5.74, 6) is -0.0311. The molecule has 9 nitrogen and oxygen atoms in total. The summed E-state index contributed by atoms with van der Waals surface area (Å²) in [7, 11) is 0. The number of nitrogens with zero attached hydrogens (tertiary/aromatic N) is 4. The Morgan fingerprint density at radius 1 is 1.25 bits per heavy atom. The van der Waals surface area contributed by atoms with Gasteiger partial charge in [0.2, 0.25) is 0 Å². The fourth-order valence-corrected chi connectivity index (χ4v) is 4.11. The predicted molar refractivity (Wildman–Crippen MR) is 83.6 cm³/mol. The Morgan fingerprint density at radius 2 is 2.08 bits per heavy atom. The summed E-state index contributed by atoms with van der Waals surface area (Å²) in [5, 5.41) is 0. The average Bonchev–Trinajstić information content (AvgIpc) is 2.78. The van der Waals surface area contributed by atoms with E-state index < -0.39 is 5.79 Å². The van der Waals surface area contributed by atoms with E-state index in [2.05, 4.69) is 15.0 Å². The van der Waals surface area contributed by atoms with Gasteiger partial charge in [-0.25, -0.2) is 15.0 Å². The molecule has 5 atom stereocenters. The maximum Gasteiger partial charge on any atom is 0.167 e. The highest BCUT2D eigenvalue weighted by molar-refractivity contribution is 5.81. The molecule has 0 aromatic carbocycles. The molecule has 2 unspecified atom stereocenters. The highest BCUT2D eigenvalue weighted by Crippen LogP contribution is 2.61. The monoisotopic (exact) mass is 332 g/mol. The summed E-state index contributed by atoms with van der Waals surface area (Å²) in [6, 6.07) is 0. The first kappa shape index (κ1) is 14.5. The first-order valence-electron chi connectivity index (χ1n) is 8.12. The Bertz CT molecular complexity index is 823. The second-order valence-corrected chi connectivity index (χ2v) is 7.20. The van der Waals surface area contributed by atoms with Crippen molar-refractivity contribution in [3.63, 3.8) is 0 Å². The Labute approximate surface area is 138 Å². The van der Waals surface area contributed by atoms with Gasteiger partial charge in [-0.2, -0.15) is 0 Å². The molecule has 24 heavy (non-hydrogen) atoms. The molecular formula is C15H20N6O3. The van der Waals surface area contributed by atoms with E-state index in [9.17, 15) is 0 Å². The van der Waals surface area contributed by atoms with Crippen molar-refractivity contribution >= 4 is 17.0 Å². The van der Waals surface area contributed by atoms with Gasteiger partial charge in [0.25, 0.3) is 0 Å². The Morgan fingerprint density at radius 3 is 2.83 bits per heavy atom. The van der Waals surface area contributed by atoms with Gasteiger partial charge >= 0.3 is 0 Å². The normalized spacial score (nSPS) is 39.6. The molecule has 4 N–H and O–H groups in total. The van der Waals surface area contributed by atoms with Crippen LogP contribution in [0, 0.1) is 5.92 Å². The number of ether oxygens (including phenoxy) is 3. The Hall–Kier alpha value is -1.81. The molecular weight excluding hydrogens is 312 g/mol. The number of hydrogen-bond acceptors (Lipinski definition) is 8. The SMILES string of the molecule is CC1(C)OC2C(n3cnc4c(N)ncnc43)O[C@@]3(C[C@H]3CN)[C@@H]2O1. The third-order valence-corrected chi connectivity index (χ3v) is 5.27. The molecule has 128 valence electrons. The van der Waals surface area contributed by atoms with Gasteiger partial charge in [0.15, 0.2) is 23.5 Å². The first-order chi connectivity index (χ1) is 11.5. The molecule has 4 heterocycles. The van der Waals surface area contributed by atoms with Gasteiger partial charge in [-0.05, 0) is 26.8 Å². The van der Waals surface area contributed by atoms with Crippen LogP contribution in [-0.2, 0) is 14.2 Å². The van der Waals surface area contributed by atoms with E-state index in [1.807, 2.05) is 18.4 Å². The summed E-state index contributed by atoms with van der Waals surface area (Å²) in [5.41, 5.74) is 12.6. The number of anilines is 1. The van der Waals surface area contributed by atoms with Gasteiger partial charge < -0.3 is 25.7 Å². The zero-order valence-electron chi connectivity index (χ0n) is 13.5. The molecule has 2 aliphatic heterocycles. The minimum atomic E-state index is -0.656. The van der Waals surface area contributed by atoms with E-state index in [1.165, 1.54) is 6.33 Å². The standard InChI is InChI=1S/C15H20N6O3/c1-14(2)22-9-10(23-14)15(3-7(15)4-16)24-13(9)21-6-20-8-11(17)18-5-19-12(8)21/h5-7,9-10,13H,3-4,16H2,1-2H3,(H2,17,18,19)/t7-,9?,10+,13?,15+/m0/s1. The van der Waals surface area contributed by atoms with Gasteiger partial charge in [-0.1, -0.05) is 0 Å². The van der Waals surface area contributed by atoms with Crippen LogP contribution < -0.4 is 11.5 Å². The van der Waals surface area contributed by atoms with Crippen LogP contribution in [0.4, 0.5) is 5.82 Å². The highest BCUT2D eigenvalue weighted by Gasteiger charge is 2.73. The zero-order chi connectivity index (χ0) is 16.7. The smallest absolute Gasteiger partial charge is 0.167 e. The summed E-state index contributed by atoms with van der Waals surface area (Å²) < 4.78 is 20.6. The number of imidazole rings is 1. The van der Waals surface area contributed by atoms with Gasteiger partial charge in [0.05, 0.1) is 6.33 Å². The molecule has 9 heteroatoms. The van der Waals surface area contributed by atoms with Crippen LogP contribution in [-0.4, -0.2) is 49.7 Å². The van der Waals surface area contributed by atoms with Crippen molar-refractivity contribution in [1.29, 1.82) is 0 Å². The molecule has 0 amide bonds. The average molecular weight is 332 g/mol. The number of rotatable bonds is 2. The number of fused-ring (bicyclic) bond motifs is 3. The van der Waals surface area contributed by atoms with Crippen molar-refractivity contribution in [3.05, 3.63) is 12.7 Å². The second-order valence-electron chi connectivity index (χ2n) is 7.20. The minimum Gasteiger partial charge on any atom is -0.382 e. The molecule has 5 rings (SSSR count). The maximum atomic E-state index is 6.41. The first-order valence-corrected chi connectivity index (χ1v) is 8.12. The van der Waals surface area contributed by atoms with E-state index in [0.29, 0.717) is 23.5 Å². The fourth-order valence-electron chi connectivity index (χ4n) is 4.11. The number of nitrogen functional groups attached to an aromatic ring is 1. The lowest BCUT2D eigenvalue weighted by atomic mass is 10.1. The third-order valence-electron chi connectivity index (χ3n) is 5.27. The molecule has 2 saturated heterocycles. The lowest BCUT2D eigenvalue weighted by molar-refractivity contribution is -0.203. The highest BCUT2D eigenvalue weighted by atomic mass is 16.8. The van der Waals surface area contributed by atoms with Crippen LogP contribution in [0.5, 0.6) is 0 Å². The van der Waals surface area contributed by atoms with Crippen LogP contribution in [0.1, 0.15) is 26.5 Å². The topological polar surface area (TPSA) is 123 Å². The molecule has 1 spiro atoms. The molecule has 1 aliphatic carbocycles. The van der Waals surface area contributed by atoms with Crippen LogP contribution in [0.3, 0.4) is 0 Å². The molecule has 3 aliphatic rings. The maximum absolute atomic E-state index is 6.41. The quantitative estimate of drug-likeness (QED) is 0.798. The molecule has 3 fully saturated rings. The Kier molecular flexibility index (Phi) is 2.68. The minimum absolute atomic E-state index is 0.150. The summed E-state index contributed by atoms with van der Waals surface area (Å²) in [6.07, 6.45) is 3.20. The van der Waals surface area contributed by atoms with Gasteiger partial charge in [0.1, 0.15) is 29.7 Å². The van der Waals surface area contributed by atoms with Crippen molar-refractivity contribution in [2.75, 3.05) is 12.3 Å². The van der Waals surface area contributed by atoms with Gasteiger partial charge in [-0.3, -0.25) is 4.57 Å². The van der Waals surface area contributed by atoms with E-state index >= 15 is 0 Å². The zero-order valence-corrected chi connectivity index (χ0v) is 13.5. The van der Waals surface area contributed by atoms with E-state index in [-0.39, 0.29) is 30.0 Å². The van der Waals surface area contributed by atoms with Crippen LogP contribution in [0.25, 0.3) is 11.2 Å². The van der Waals surface area contributed by atoms with Crippen LogP contribution in [0.15, 0.2) is 12.7 Å². The van der Waals surface area contributed by atoms with Crippen LogP contribution >= 0.6 is 0 Å².